The van der Waals surface area contributed by atoms with Gasteiger partial charge in [-0.3, -0.25) is 9.48 Å². The SMILES string of the molecule is Cc1nn(C)c(C)c1[C@@H]1CCCN1C(=O)c1ccc2c(c1)CCC2. The number of likely N-dealkylation sites (tertiary alicyclic amines) is 1. The van der Waals surface area contributed by atoms with E-state index in [1.165, 1.54) is 28.8 Å². The van der Waals surface area contributed by atoms with E-state index >= 15 is 0 Å². The maximum atomic E-state index is 13.2. The van der Waals surface area contributed by atoms with Gasteiger partial charge in [0.05, 0.1) is 11.7 Å². The monoisotopic (exact) mass is 323 g/mol. The lowest BCUT2D eigenvalue weighted by Gasteiger charge is -2.25. The van der Waals surface area contributed by atoms with E-state index in [-0.39, 0.29) is 11.9 Å². The van der Waals surface area contributed by atoms with Gasteiger partial charge in [-0.1, -0.05) is 6.07 Å². The van der Waals surface area contributed by atoms with Gasteiger partial charge < -0.3 is 4.90 Å². The van der Waals surface area contributed by atoms with Crippen molar-refractivity contribution in [3.05, 3.63) is 51.8 Å². The Kier molecular flexibility index (Phi) is 3.70. The Balaban J connectivity index is 1.66. The highest BCUT2D eigenvalue weighted by atomic mass is 16.2. The first-order chi connectivity index (χ1) is 11.6. The summed E-state index contributed by atoms with van der Waals surface area (Å²) in [7, 11) is 1.98. The molecule has 24 heavy (non-hydrogen) atoms. The van der Waals surface area contributed by atoms with Crippen molar-refractivity contribution in [3.63, 3.8) is 0 Å². The molecule has 4 nitrogen and oxygen atoms in total. The van der Waals surface area contributed by atoms with Crippen molar-refractivity contribution in [2.45, 2.75) is 52.0 Å². The molecule has 1 aliphatic heterocycles. The van der Waals surface area contributed by atoms with E-state index in [4.69, 9.17) is 0 Å². The highest BCUT2D eigenvalue weighted by Crippen LogP contribution is 2.36. The molecule has 1 aromatic carbocycles. The first-order valence-corrected chi connectivity index (χ1v) is 8.99. The summed E-state index contributed by atoms with van der Waals surface area (Å²) in [6, 6.07) is 6.47. The van der Waals surface area contributed by atoms with Crippen LogP contribution in [0.15, 0.2) is 18.2 Å². The Hall–Kier alpha value is -2.10. The number of fused-ring (bicyclic) bond motifs is 1. The zero-order valence-corrected chi connectivity index (χ0v) is 14.8. The lowest BCUT2D eigenvalue weighted by molar-refractivity contribution is 0.0735. The maximum absolute atomic E-state index is 13.2. The molecule has 1 fully saturated rings. The fraction of sp³-hybridized carbons (Fsp3) is 0.500. The molecule has 2 heterocycles. The minimum atomic E-state index is 0.166. The number of carbonyl (C=O) groups excluding carboxylic acids is 1. The standard InChI is InChI=1S/C20H25N3O/c1-13-19(14(2)22(3)21-13)18-8-5-11-23(18)20(24)17-10-9-15-6-4-7-16(15)12-17/h9-10,12,18H,4-8,11H2,1-3H3/t18-/m0/s1. The van der Waals surface area contributed by atoms with Crippen LogP contribution in [-0.4, -0.2) is 27.1 Å². The Bertz CT molecular complexity index is 805. The number of benzene rings is 1. The molecule has 1 aromatic heterocycles. The molecule has 1 aliphatic carbocycles. The summed E-state index contributed by atoms with van der Waals surface area (Å²) in [5.74, 6) is 0.176. The third kappa shape index (κ3) is 2.36. The number of aryl methyl sites for hydroxylation is 4. The Morgan fingerprint density at radius 1 is 1.17 bits per heavy atom. The number of hydrogen-bond donors (Lipinski definition) is 0. The predicted molar refractivity (Wildman–Crippen MR) is 94.2 cm³/mol. The Morgan fingerprint density at radius 2 is 1.96 bits per heavy atom. The number of carbonyl (C=O) groups is 1. The van der Waals surface area contributed by atoms with Crippen LogP contribution in [0.25, 0.3) is 0 Å². The zero-order chi connectivity index (χ0) is 16.8. The van der Waals surface area contributed by atoms with Crippen LogP contribution in [-0.2, 0) is 19.9 Å². The normalized spacial score (nSPS) is 19.8. The molecule has 1 atom stereocenters. The van der Waals surface area contributed by atoms with Crippen LogP contribution >= 0.6 is 0 Å². The van der Waals surface area contributed by atoms with E-state index in [0.717, 1.165) is 43.5 Å². The fourth-order valence-corrected chi connectivity index (χ4v) is 4.45. The molecular formula is C20H25N3O. The van der Waals surface area contributed by atoms with E-state index in [9.17, 15) is 4.79 Å². The lowest BCUT2D eigenvalue weighted by Crippen LogP contribution is -2.31. The second kappa shape index (κ2) is 5.76. The van der Waals surface area contributed by atoms with Crippen LogP contribution < -0.4 is 0 Å². The predicted octanol–water partition coefficient (Wildman–Crippen LogP) is 3.50. The summed E-state index contributed by atoms with van der Waals surface area (Å²) < 4.78 is 1.93. The average Bonchev–Trinajstić information content (AvgIpc) is 3.26. The van der Waals surface area contributed by atoms with Gasteiger partial charge >= 0.3 is 0 Å². The van der Waals surface area contributed by atoms with Gasteiger partial charge in [-0.15, -0.1) is 0 Å². The number of rotatable bonds is 2. The third-order valence-electron chi connectivity index (χ3n) is 5.76. The van der Waals surface area contributed by atoms with Gasteiger partial charge in [0.2, 0.25) is 0 Å². The van der Waals surface area contributed by atoms with E-state index in [0.29, 0.717) is 0 Å². The second-order valence-electron chi connectivity index (χ2n) is 7.20. The smallest absolute Gasteiger partial charge is 0.254 e. The van der Waals surface area contributed by atoms with Crippen molar-refractivity contribution in [2.75, 3.05) is 6.54 Å². The average molecular weight is 323 g/mol. The fourth-order valence-electron chi connectivity index (χ4n) is 4.45. The quantitative estimate of drug-likeness (QED) is 0.848. The minimum Gasteiger partial charge on any atom is -0.331 e. The second-order valence-corrected chi connectivity index (χ2v) is 7.20. The number of aromatic nitrogens is 2. The van der Waals surface area contributed by atoms with Gasteiger partial charge in [-0.25, -0.2) is 0 Å². The number of nitrogens with zero attached hydrogens (tertiary/aromatic N) is 3. The van der Waals surface area contributed by atoms with E-state index in [2.05, 4.69) is 36.0 Å². The highest BCUT2D eigenvalue weighted by Gasteiger charge is 2.34. The molecule has 0 spiro atoms. The molecule has 4 rings (SSSR count). The molecule has 0 radical (unpaired) electrons. The van der Waals surface area contributed by atoms with Crippen molar-refractivity contribution in [2.24, 2.45) is 7.05 Å². The first kappa shape index (κ1) is 15.4. The van der Waals surface area contributed by atoms with Gasteiger partial charge in [0.25, 0.3) is 5.91 Å². The minimum absolute atomic E-state index is 0.166. The van der Waals surface area contributed by atoms with Crippen LogP contribution in [0.5, 0.6) is 0 Å². The summed E-state index contributed by atoms with van der Waals surface area (Å²) in [4.78, 5) is 15.2. The van der Waals surface area contributed by atoms with Gasteiger partial charge in [0.1, 0.15) is 0 Å². The summed E-state index contributed by atoms with van der Waals surface area (Å²) in [6.45, 7) is 5.00. The molecule has 0 saturated carbocycles. The van der Waals surface area contributed by atoms with Crippen LogP contribution in [0.4, 0.5) is 0 Å². The molecule has 4 heteroatoms. The van der Waals surface area contributed by atoms with Crippen LogP contribution in [0.2, 0.25) is 0 Å². The highest BCUT2D eigenvalue weighted by molar-refractivity contribution is 5.95. The lowest BCUT2D eigenvalue weighted by atomic mass is 10.0. The molecule has 0 N–H and O–H groups in total. The van der Waals surface area contributed by atoms with Crippen LogP contribution in [0.3, 0.4) is 0 Å². The van der Waals surface area contributed by atoms with Gasteiger partial charge in [0.15, 0.2) is 0 Å². The molecule has 1 amide bonds. The molecule has 0 unspecified atom stereocenters. The summed E-state index contributed by atoms with van der Waals surface area (Å²) in [5, 5.41) is 4.55. The maximum Gasteiger partial charge on any atom is 0.254 e. The van der Waals surface area contributed by atoms with Crippen molar-refractivity contribution < 1.29 is 4.79 Å². The Morgan fingerprint density at radius 3 is 2.71 bits per heavy atom. The van der Waals surface area contributed by atoms with Crippen LogP contribution in [0, 0.1) is 13.8 Å². The molecule has 2 aromatic rings. The molecule has 1 saturated heterocycles. The molecule has 0 bridgehead atoms. The van der Waals surface area contributed by atoms with E-state index < -0.39 is 0 Å². The topological polar surface area (TPSA) is 38.1 Å². The van der Waals surface area contributed by atoms with Crippen molar-refractivity contribution >= 4 is 5.91 Å². The van der Waals surface area contributed by atoms with Crippen LogP contribution in [0.1, 0.15) is 63.7 Å². The van der Waals surface area contributed by atoms with Crippen molar-refractivity contribution in [1.82, 2.24) is 14.7 Å². The van der Waals surface area contributed by atoms with Crippen molar-refractivity contribution in [1.29, 1.82) is 0 Å². The molecule has 2 aliphatic rings. The zero-order valence-electron chi connectivity index (χ0n) is 14.8. The summed E-state index contributed by atoms with van der Waals surface area (Å²) >= 11 is 0. The molecular weight excluding hydrogens is 298 g/mol. The number of amides is 1. The summed E-state index contributed by atoms with van der Waals surface area (Å²) in [6.07, 6.45) is 5.58. The Labute approximate surface area is 143 Å². The largest absolute Gasteiger partial charge is 0.331 e. The number of hydrogen-bond acceptors (Lipinski definition) is 2. The van der Waals surface area contributed by atoms with Crippen molar-refractivity contribution in [3.8, 4) is 0 Å². The summed E-state index contributed by atoms with van der Waals surface area (Å²) in [5.41, 5.74) is 7.10. The first-order valence-electron chi connectivity index (χ1n) is 8.99. The van der Waals surface area contributed by atoms with Gasteiger partial charge in [-0.05, 0) is 69.2 Å². The van der Waals surface area contributed by atoms with Gasteiger partial charge in [-0.2, -0.15) is 5.10 Å². The van der Waals surface area contributed by atoms with E-state index in [1.54, 1.807) is 0 Å². The molecule has 126 valence electrons. The van der Waals surface area contributed by atoms with E-state index in [1.807, 2.05) is 17.8 Å². The third-order valence-corrected chi connectivity index (χ3v) is 5.76. The van der Waals surface area contributed by atoms with Gasteiger partial charge in [0, 0.05) is 30.4 Å².